The molecule has 0 aliphatic carbocycles. The molecule has 0 saturated carbocycles. The Morgan fingerprint density at radius 3 is 2.83 bits per heavy atom. The summed E-state index contributed by atoms with van der Waals surface area (Å²) >= 11 is 1.76. The van der Waals surface area contributed by atoms with E-state index in [9.17, 15) is 4.79 Å². The molecule has 0 spiro atoms. The van der Waals surface area contributed by atoms with Crippen LogP contribution in [0, 0.1) is 13.8 Å². The molecule has 0 radical (unpaired) electrons. The lowest BCUT2D eigenvalue weighted by atomic mass is 10.1. The molecule has 2 rings (SSSR count). The lowest BCUT2D eigenvalue weighted by Gasteiger charge is -2.25. The third kappa shape index (κ3) is 5.04. The number of carbonyl (C=O) groups is 1. The number of thiophene rings is 1. The Balaban J connectivity index is 2.05. The van der Waals surface area contributed by atoms with Gasteiger partial charge in [-0.15, -0.1) is 11.3 Å². The van der Waals surface area contributed by atoms with Gasteiger partial charge in [-0.1, -0.05) is 6.07 Å². The summed E-state index contributed by atoms with van der Waals surface area (Å²) < 4.78 is 5.14. The van der Waals surface area contributed by atoms with Gasteiger partial charge in [0, 0.05) is 42.3 Å². The van der Waals surface area contributed by atoms with Crippen LogP contribution in [-0.2, 0) is 11.3 Å². The molecule has 2 amide bonds. The fourth-order valence-corrected chi connectivity index (χ4v) is 3.62. The summed E-state index contributed by atoms with van der Waals surface area (Å²) in [6, 6.07) is 5.87. The van der Waals surface area contributed by atoms with Crippen molar-refractivity contribution in [2.75, 3.05) is 20.3 Å². The Hall–Kier alpha value is -1.92. The molecular formula is C18H25N3O2S. The number of rotatable bonds is 7. The van der Waals surface area contributed by atoms with E-state index in [1.165, 1.54) is 15.3 Å². The summed E-state index contributed by atoms with van der Waals surface area (Å²) in [6.07, 6.45) is 3.51. The maximum atomic E-state index is 12.7. The lowest BCUT2D eigenvalue weighted by Crippen LogP contribution is -2.42. The normalized spacial score (nSPS) is 12.0. The maximum absolute atomic E-state index is 12.7. The first-order chi connectivity index (χ1) is 11.5. The van der Waals surface area contributed by atoms with Gasteiger partial charge >= 0.3 is 6.03 Å². The molecular weight excluding hydrogens is 322 g/mol. The topological polar surface area (TPSA) is 54.5 Å². The molecule has 0 aliphatic heterocycles. The smallest absolute Gasteiger partial charge is 0.318 e. The van der Waals surface area contributed by atoms with Gasteiger partial charge < -0.3 is 15.0 Å². The number of pyridine rings is 1. The van der Waals surface area contributed by atoms with Crippen LogP contribution >= 0.6 is 11.3 Å². The molecule has 2 aromatic rings. The van der Waals surface area contributed by atoms with Crippen molar-refractivity contribution in [1.82, 2.24) is 15.2 Å². The molecule has 0 saturated heterocycles. The number of methoxy groups -OCH3 is 1. The molecule has 24 heavy (non-hydrogen) atoms. The first-order valence-corrected chi connectivity index (χ1v) is 8.83. The van der Waals surface area contributed by atoms with E-state index in [2.05, 4.69) is 30.2 Å². The van der Waals surface area contributed by atoms with Crippen LogP contribution in [0.15, 0.2) is 30.6 Å². The van der Waals surface area contributed by atoms with Gasteiger partial charge in [0.25, 0.3) is 0 Å². The van der Waals surface area contributed by atoms with Crippen molar-refractivity contribution in [3.8, 4) is 0 Å². The van der Waals surface area contributed by atoms with Crippen LogP contribution in [0.1, 0.15) is 33.8 Å². The Kier molecular flexibility index (Phi) is 6.75. The number of hydrogen-bond donors (Lipinski definition) is 1. The fraction of sp³-hybridized carbons (Fsp3) is 0.444. The summed E-state index contributed by atoms with van der Waals surface area (Å²) in [5.41, 5.74) is 2.18. The molecule has 0 aromatic carbocycles. The van der Waals surface area contributed by atoms with E-state index in [0.29, 0.717) is 19.7 Å². The van der Waals surface area contributed by atoms with E-state index in [-0.39, 0.29) is 12.1 Å². The highest BCUT2D eigenvalue weighted by atomic mass is 32.1. The third-order valence-corrected chi connectivity index (χ3v) is 4.82. The Morgan fingerprint density at radius 2 is 2.25 bits per heavy atom. The molecule has 0 bridgehead atoms. The minimum atomic E-state index is -0.0911. The highest BCUT2D eigenvalue weighted by Crippen LogP contribution is 2.26. The minimum Gasteiger partial charge on any atom is -0.383 e. The zero-order valence-electron chi connectivity index (χ0n) is 14.7. The van der Waals surface area contributed by atoms with Crippen molar-refractivity contribution in [2.24, 2.45) is 0 Å². The monoisotopic (exact) mass is 347 g/mol. The Labute approximate surface area is 147 Å². The van der Waals surface area contributed by atoms with Crippen LogP contribution in [0.3, 0.4) is 0 Å². The quantitative estimate of drug-likeness (QED) is 0.831. The van der Waals surface area contributed by atoms with Gasteiger partial charge in [-0.2, -0.15) is 0 Å². The zero-order valence-corrected chi connectivity index (χ0v) is 15.5. The van der Waals surface area contributed by atoms with E-state index >= 15 is 0 Å². The van der Waals surface area contributed by atoms with Crippen molar-refractivity contribution < 1.29 is 9.53 Å². The van der Waals surface area contributed by atoms with Crippen molar-refractivity contribution in [2.45, 2.75) is 33.4 Å². The molecule has 1 unspecified atom stereocenters. The van der Waals surface area contributed by atoms with E-state index in [4.69, 9.17) is 4.74 Å². The number of amides is 2. The highest BCUT2D eigenvalue weighted by molar-refractivity contribution is 7.12. The van der Waals surface area contributed by atoms with E-state index in [0.717, 1.165) is 5.56 Å². The first-order valence-electron chi connectivity index (χ1n) is 8.01. The first kappa shape index (κ1) is 18.4. The van der Waals surface area contributed by atoms with E-state index in [1.54, 1.807) is 35.7 Å². The van der Waals surface area contributed by atoms with Gasteiger partial charge in [-0.05, 0) is 44.0 Å². The number of ether oxygens (including phenoxy) is 1. The summed E-state index contributed by atoms with van der Waals surface area (Å²) in [5.74, 6) is 0. The predicted octanol–water partition coefficient (Wildman–Crippen LogP) is 3.68. The number of nitrogens with one attached hydrogen (secondary N) is 1. The standard InChI is InChI=1S/C18H25N3O2S/c1-13-10-17(15(3)24-13)14(2)20-18(22)21(8-9-23-4)12-16-6-5-7-19-11-16/h5-7,10-11,14H,8-9,12H2,1-4H3,(H,20,22). The average Bonchev–Trinajstić information content (AvgIpc) is 2.90. The van der Waals surface area contributed by atoms with E-state index < -0.39 is 0 Å². The second-order valence-electron chi connectivity index (χ2n) is 5.82. The number of aryl methyl sites for hydroxylation is 2. The van der Waals surface area contributed by atoms with Crippen molar-refractivity contribution in [1.29, 1.82) is 0 Å². The zero-order chi connectivity index (χ0) is 17.5. The van der Waals surface area contributed by atoms with Crippen molar-refractivity contribution >= 4 is 17.4 Å². The maximum Gasteiger partial charge on any atom is 0.318 e. The Bertz CT molecular complexity index is 658. The second-order valence-corrected chi connectivity index (χ2v) is 7.28. The number of nitrogens with zero attached hydrogens (tertiary/aromatic N) is 2. The van der Waals surface area contributed by atoms with Gasteiger partial charge in [0.15, 0.2) is 0 Å². The number of urea groups is 1. The van der Waals surface area contributed by atoms with Crippen molar-refractivity contribution in [3.63, 3.8) is 0 Å². The highest BCUT2D eigenvalue weighted by Gasteiger charge is 2.19. The predicted molar refractivity (Wildman–Crippen MR) is 97.3 cm³/mol. The summed E-state index contributed by atoms with van der Waals surface area (Å²) in [5, 5.41) is 3.10. The van der Waals surface area contributed by atoms with Crippen LogP contribution in [0.25, 0.3) is 0 Å². The lowest BCUT2D eigenvalue weighted by molar-refractivity contribution is 0.145. The van der Waals surface area contributed by atoms with Crippen LogP contribution in [0.5, 0.6) is 0 Å². The second kappa shape index (κ2) is 8.80. The van der Waals surface area contributed by atoms with Crippen LogP contribution in [0.4, 0.5) is 4.79 Å². The molecule has 130 valence electrons. The summed E-state index contributed by atoms with van der Waals surface area (Å²) in [7, 11) is 1.64. The van der Waals surface area contributed by atoms with Crippen molar-refractivity contribution in [3.05, 3.63) is 51.5 Å². The summed E-state index contributed by atoms with van der Waals surface area (Å²) in [6.45, 7) is 7.74. The molecule has 0 aliphatic rings. The van der Waals surface area contributed by atoms with Gasteiger partial charge in [0.2, 0.25) is 0 Å². The molecule has 1 N–H and O–H groups in total. The number of hydrogen-bond acceptors (Lipinski definition) is 4. The van der Waals surface area contributed by atoms with Gasteiger partial charge in [-0.25, -0.2) is 4.79 Å². The molecule has 1 atom stereocenters. The van der Waals surface area contributed by atoms with Gasteiger partial charge in [-0.3, -0.25) is 4.98 Å². The van der Waals surface area contributed by atoms with Crippen LogP contribution in [-0.4, -0.2) is 36.2 Å². The third-order valence-electron chi connectivity index (χ3n) is 3.83. The largest absolute Gasteiger partial charge is 0.383 e. The average molecular weight is 347 g/mol. The van der Waals surface area contributed by atoms with Gasteiger partial charge in [0.05, 0.1) is 12.6 Å². The molecule has 6 heteroatoms. The van der Waals surface area contributed by atoms with Crippen LogP contribution in [0.2, 0.25) is 0 Å². The summed E-state index contributed by atoms with van der Waals surface area (Å²) in [4.78, 5) is 21.1. The number of aromatic nitrogens is 1. The van der Waals surface area contributed by atoms with Gasteiger partial charge in [0.1, 0.15) is 0 Å². The SMILES string of the molecule is COCCN(Cc1cccnc1)C(=O)NC(C)c1cc(C)sc1C. The minimum absolute atomic E-state index is 0.0265. The van der Waals surface area contributed by atoms with Crippen LogP contribution < -0.4 is 5.32 Å². The molecule has 5 nitrogen and oxygen atoms in total. The Morgan fingerprint density at radius 1 is 1.46 bits per heavy atom. The molecule has 2 heterocycles. The fourth-order valence-electron chi connectivity index (χ4n) is 2.60. The molecule has 2 aromatic heterocycles. The molecule has 0 fully saturated rings. The van der Waals surface area contributed by atoms with E-state index in [1.807, 2.05) is 19.1 Å². The number of carbonyl (C=O) groups excluding carboxylic acids is 1.